The number of hydrogen-bond acceptors (Lipinski definition) is 5. The van der Waals surface area contributed by atoms with Crippen molar-refractivity contribution in [3.8, 4) is 0 Å². The second-order valence-corrected chi connectivity index (χ2v) is 8.89. The van der Waals surface area contributed by atoms with Crippen LogP contribution in [-0.4, -0.2) is 75.8 Å². The van der Waals surface area contributed by atoms with Gasteiger partial charge >= 0.3 is 0 Å². The zero-order valence-electron chi connectivity index (χ0n) is 21.5. The Labute approximate surface area is 190 Å². The Hall–Kier alpha value is -1.73. The molecular formula is C24H47N5O2. The number of rotatable bonds is 10. The molecule has 1 fully saturated rings. The highest BCUT2D eigenvalue weighted by Gasteiger charge is 2.25. The Bertz CT molecular complexity index is 598. The average Bonchev–Trinajstić information content (AvgIpc) is 2.73. The van der Waals surface area contributed by atoms with Crippen LogP contribution in [-0.2, 0) is 9.53 Å². The molecular weight excluding hydrogens is 390 g/mol. The van der Waals surface area contributed by atoms with E-state index in [1.54, 1.807) is 13.4 Å². The summed E-state index contributed by atoms with van der Waals surface area (Å²) >= 11 is 0. The van der Waals surface area contributed by atoms with Gasteiger partial charge in [-0.15, -0.1) is 0 Å². The van der Waals surface area contributed by atoms with Gasteiger partial charge < -0.3 is 15.4 Å². The lowest BCUT2D eigenvalue weighted by Crippen LogP contribution is -2.38. The lowest BCUT2D eigenvalue weighted by molar-refractivity contribution is -0.117. The molecule has 1 heterocycles. The van der Waals surface area contributed by atoms with Crippen LogP contribution in [0.2, 0.25) is 0 Å². The summed E-state index contributed by atoms with van der Waals surface area (Å²) in [6.07, 6.45) is 2.65. The second kappa shape index (κ2) is 16.0. The number of nitrogens with zero attached hydrogens (tertiary/aromatic N) is 3. The number of carbonyl (C=O) groups is 1. The van der Waals surface area contributed by atoms with Gasteiger partial charge in [0.1, 0.15) is 0 Å². The highest BCUT2D eigenvalue weighted by atomic mass is 16.5. The lowest BCUT2D eigenvalue weighted by Gasteiger charge is -2.26. The van der Waals surface area contributed by atoms with E-state index in [0.717, 1.165) is 50.7 Å². The predicted molar refractivity (Wildman–Crippen MR) is 133 cm³/mol. The van der Waals surface area contributed by atoms with Gasteiger partial charge in [-0.3, -0.25) is 19.7 Å². The summed E-state index contributed by atoms with van der Waals surface area (Å²) < 4.78 is 5.37. The topological polar surface area (TPSA) is 78.3 Å². The minimum Gasteiger partial charge on any atom is -0.379 e. The molecule has 0 aromatic rings. The van der Waals surface area contributed by atoms with Gasteiger partial charge in [0.15, 0.2) is 0 Å². The van der Waals surface area contributed by atoms with E-state index in [1.807, 2.05) is 20.8 Å². The van der Waals surface area contributed by atoms with Crippen LogP contribution < -0.4 is 10.6 Å². The largest absolute Gasteiger partial charge is 0.379 e. The molecule has 0 bridgehead atoms. The summed E-state index contributed by atoms with van der Waals surface area (Å²) in [4.78, 5) is 24.0. The maximum absolute atomic E-state index is 12.7. The van der Waals surface area contributed by atoms with E-state index in [1.165, 1.54) is 0 Å². The van der Waals surface area contributed by atoms with Crippen molar-refractivity contribution in [1.82, 2.24) is 15.5 Å². The van der Waals surface area contributed by atoms with Crippen molar-refractivity contribution in [3.05, 3.63) is 11.3 Å². The number of hydrogen-bond donors (Lipinski definition) is 2. The highest BCUT2D eigenvalue weighted by molar-refractivity contribution is 6.10. The van der Waals surface area contributed by atoms with E-state index >= 15 is 0 Å². The van der Waals surface area contributed by atoms with Crippen LogP contribution in [0.15, 0.2) is 21.3 Å². The van der Waals surface area contributed by atoms with Crippen LogP contribution in [0.25, 0.3) is 0 Å². The van der Waals surface area contributed by atoms with E-state index in [9.17, 15) is 4.79 Å². The summed E-state index contributed by atoms with van der Waals surface area (Å²) in [5, 5.41) is 6.26. The molecule has 0 atom stereocenters. The van der Waals surface area contributed by atoms with Crippen LogP contribution in [0.4, 0.5) is 0 Å². The van der Waals surface area contributed by atoms with Crippen LogP contribution in [0.3, 0.4) is 0 Å². The molecule has 1 aliphatic rings. The molecule has 2 N–H and O–H groups in total. The van der Waals surface area contributed by atoms with Gasteiger partial charge in [0.2, 0.25) is 5.91 Å². The number of aliphatic imine (C=N–C) groups is 2. The molecule has 7 nitrogen and oxygen atoms in total. The maximum atomic E-state index is 12.7. The van der Waals surface area contributed by atoms with Gasteiger partial charge in [0.25, 0.3) is 0 Å². The zero-order chi connectivity index (χ0) is 23.9. The summed E-state index contributed by atoms with van der Waals surface area (Å²) in [6, 6.07) is 0. The van der Waals surface area contributed by atoms with Crippen molar-refractivity contribution in [2.75, 3.05) is 53.0 Å². The Morgan fingerprint density at radius 3 is 2.32 bits per heavy atom. The number of carbonyl (C=O) groups excluding carboxylic acids is 1. The number of allylic oxidation sites excluding steroid dienone is 1. The van der Waals surface area contributed by atoms with Crippen molar-refractivity contribution in [1.29, 1.82) is 0 Å². The Balaban J connectivity index is 0.00000436. The second-order valence-electron chi connectivity index (χ2n) is 8.89. The minimum absolute atomic E-state index is 0.0692. The minimum atomic E-state index is -0.196. The third-order valence-electron chi connectivity index (χ3n) is 4.84. The molecule has 0 spiro atoms. The van der Waals surface area contributed by atoms with Crippen LogP contribution in [0.1, 0.15) is 61.8 Å². The van der Waals surface area contributed by atoms with Gasteiger partial charge in [-0.1, -0.05) is 48.5 Å². The average molecular weight is 438 g/mol. The smallest absolute Gasteiger partial charge is 0.249 e. The first-order valence-corrected chi connectivity index (χ1v) is 11.7. The molecule has 0 unspecified atom stereocenters. The Morgan fingerprint density at radius 2 is 1.81 bits per heavy atom. The fourth-order valence-electron chi connectivity index (χ4n) is 3.10. The number of nitrogens with one attached hydrogen (secondary N) is 2. The first-order valence-electron chi connectivity index (χ1n) is 11.7. The maximum Gasteiger partial charge on any atom is 0.249 e. The SMILES string of the molecule is CC.CN=C(/C(NC=NCCN1CCOCC1)=C(\C)C(=O)NCCC(C)C)C(C)(C)C. The molecule has 7 heteroatoms. The summed E-state index contributed by atoms with van der Waals surface area (Å²) in [7, 11) is 1.77. The Morgan fingerprint density at radius 1 is 1.19 bits per heavy atom. The van der Waals surface area contributed by atoms with E-state index in [4.69, 9.17) is 4.74 Å². The van der Waals surface area contributed by atoms with Crippen molar-refractivity contribution in [2.45, 2.75) is 61.8 Å². The molecule has 180 valence electrons. The first kappa shape index (κ1) is 29.3. The lowest BCUT2D eigenvalue weighted by atomic mass is 9.86. The molecule has 1 rings (SSSR count). The van der Waals surface area contributed by atoms with Crippen molar-refractivity contribution >= 4 is 18.0 Å². The van der Waals surface area contributed by atoms with Gasteiger partial charge in [-0.25, -0.2) is 0 Å². The number of amides is 1. The molecule has 1 amide bonds. The van der Waals surface area contributed by atoms with E-state index in [-0.39, 0.29) is 11.3 Å². The fourth-order valence-corrected chi connectivity index (χ4v) is 3.10. The molecule has 0 radical (unpaired) electrons. The molecule has 0 saturated carbocycles. The van der Waals surface area contributed by atoms with Crippen molar-refractivity contribution in [3.63, 3.8) is 0 Å². The predicted octanol–water partition coefficient (Wildman–Crippen LogP) is 3.52. The zero-order valence-corrected chi connectivity index (χ0v) is 21.5. The molecule has 1 saturated heterocycles. The molecule has 0 aromatic heterocycles. The molecule has 1 aliphatic heterocycles. The van der Waals surface area contributed by atoms with Gasteiger partial charge in [-0.05, 0) is 19.3 Å². The van der Waals surface area contributed by atoms with Crippen LogP contribution >= 0.6 is 0 Å². The van der Waals surface area contributed by atoms with Crippen LogP contribution in [0, 0.1) is 11.3 Å². The van der Waals surface area contributed by atoms with Gasteiger partial charge in [0, 0.05) is 44.2 Å². The number of ether oxygens (including phenoxy) is 1. The molecule has 0 aromatic carbocycles. The van der Waals surface area contributed by atoms with E-state index in [0.29, 0.717) is 24.6 Å². The third kappa shape index (κ3) is 12.0. The monoisotopic (exact) mass is 437 g/mol. The van der Waals surface area contributed by atoms with E-state index in [2.05, 4.69) is 60.1 Å². The van der Waals surface area contributed by atoms with Gasteiger partial charge in [0.05, 0.1) is 37.5 Å². The summed E-state index contributed by atoms with van der Waals surface area (Å²) in [6.45, 7) is 22.2. The Kier molecular flexibility index (Phi) is 15.1. The fraction of sp³-hybridized carbons (Fsp3) is 0.792. The summed E-state index contributed by atoms with van der Waals surface area (Å²) in [5.41, 5.74) is 2.02. The number of morpholine rings is 1. The quantitative estimate of drug-likeness (QED) is 0.311. The van der Waals surface area contributed by atoms with E-state index < -0.39 is 0 Å². The van der Waals surface area contributed by atoms with Crippen LogP contribution in [0.5, 0.6) is 0 Å². The third-order valence-corrected chi connectivity index (χ3v) is 4.84. The first-order chi connectivity index (χ1) is 14.7. The molecule has 31 heavy (non-hydrogen) atoms. The van der Waals surface area contributed by atoms with Gasteiger partial charge in [-0.2, -0.15) is 0 Å². The van der Waals surface area contributed by atoms with Crippen molar-refractivity contribution < 1.29 is 9.53 Å². The highest BCUT2D eigenvalue weighted by Crippen LogP contribution is 2.22. The normalized spacial score (nSPS) is 16.6. The van der Waals surface area contributed by atoms with Crippen molar-refractivity contribution in [2.24, 2.45) is 21.3 Å². The summed E-state index contributed by atoms with van der Waals surface area (Å²) in [5.74, 6) is 0.485. The molecule has 0 aliphatic carbocycles. The standard InChI is InChI=1S/C22H41N5O2.C2H6/c1-17(2)8-9-25-21(28)18(3)19(20(23-7)22(4,5)6)26-16-24-10-11-27-12-14-29-15-13-27;1-2/h16-17H,8-15H2,1-7H3,(H,24,26)(H,25,28);1-2H3/b19-18-,23-20?;.